The number of aryl methyl sites for hydroxylation is 2. The van der Waals surface area contributed by atoms with Gasteiger partial charge >= 0.3 is 5.76 Å². The van der Waals surface area contributed by atoms with Crippen LogP contribution in [-0.4, -0.2) is 31.9 Å². The number of anilines is 2. The molecule has 5 rings (SSSR count). The molecular formula is C25H25N5O3. The molecule has 8 nitrogen and oxygen atoms in total. The molecule has 1 aliphatic rings. The molecule has 1 aromatic carbocycles. The maximum atomic E-state index is 13.2. The highest BCUT2D eigenvalue weighted by Gasteiger charge is 2.31. The molecule has 0 saturated carbocycles. The molecule has 1 atom stereocenters. The molecule has 0 unspecified atom stereocenters. The lowest BCUT2D eigenvalue weighted by Crippen LogP contribution is -2.35. The van der Waals surface area contributed by atoms with Crippen LogP contribution in [0, 0.1) is 13.8 Å². The number of rotatable bonds is 5. The second-order valence-corrected chi connectivity index (χ2v) is 8.44. The summed E-state index contributed by atoms with van der Waals surface area (Å²) in [6.07, 6.45) is 5.24. The van der Waals surface area contributed by atoms with Gasteiger partial charge in [-0.05, 0) is 68.1 Å². The molecule has 1 amide bonds. The van der Waals surface area contributed by atoms with Crippen molar-refractivity contribution in [2.45, 2.75) is 39.3 Å². The fourth-order valence-electron chi connectivity index (χ4n) is 4.35. The van der Waals surface area contributed by atoms with Gasteiger partial charge in [0.2, 0.25) is 5.91 Å². The molecule has 4 heterocycles. The van der Waals surface area contributed by atoms with Crippen LogP contribution in [0.1, 0.15) is 35.7 Å². The minimum atomic E-state index is -0.516. The molecule has 168 valence electrons. The van der Waals surface area contributed by atoms with Gasteiger partial charge in [-0.1, -0.05) is 12.1 Å². The van der Waals surface area contributed by atoms with Gasteiger partial charge in [0.25, 0.3) is 0 Å². The first-order valence-electron chi connectivity index (χ1n) is 11.0. The average Bonchev–Trinajstić information content (AvgIpc) is 3.41. The number of amides is 1. The largest absolute Gasteiger partial charge is 0.420 e. The zero-order valence-corrected chi connectivity index (χ0v) is 18.6. The summed E-state index contributed by atoms with van der Waals surface area (Å²) in [7, 11) is 0. The maximum absolute atomic E-state index is 13.2. The lowest BCUT2D eigenvalue weighted by atomic mass is 10.1. The molecule has 1 saturated heterocycles. The van der Waals surface area contributed by atoms with E-state index in [1.165, 1.54) is 4.57 Å². The van der Waals surface area contributed by atoms with Gasteiger partial charge in [-0.2, -0.15) is 0 Å². The van der Waals surface area contributed by atoms with Crippen molar-refractivity contribution < 1.29 is 9.21 Å². The van der Waals surface area contributed by atoms with Gasteiger partial charge in [0.15, 0.2) is 5.58 Å². The first-order valence-corrected chi connectivity index (χ1v) is 11.0. The van der Waals surface area contributed by atoms with Gasteiger partial charge in [-0.15, -0.1) is 0 Å². The number of aromatic nitrogens is 3. The minimum absolute atomic E-state index is 0.0512. The Balaban J connectivity index is 1.34. The van der Waals surface area contributed by atoms with E-state index in [0.717, 1.165) is 41.2 Å². The smallest absolute Gasteiger partial charge is 0.408 e. The normalized spacial score (nSPS) is 15.8. The Bertz CT molecular complexity index is 1370. The molecule has 33 heavy (non-hydrogen) atoms. The van der Waals surface area contributed by atoms with Crippen molar-refractivity contribution in [2.75, 3.05) is 11.9 Å². The van der Waals surface area contributed by atoms with Crippen molar-refractivity contribution in [2.24, 2.45) is 0 Å². The van der Waals surface area contributed by atoms with Crippen LogP contribution < -0.4 is 11.1 Å². The molecule has 4 aromatic rings. The Morgan fingerprint density at radius 3 is 2.85 bits per heavy atom. The number of hydrogen-bond acceptors (Lipinski definition) is 6. The zero-order chi connectivity index (χ0) is 22.9. The average molecular weight is 444 g/mol. The molecule has 0 bridgehead atoms. The molecule has 3 aromatic heterocycles. The van der Waals surface area contributed by atoms with E-state index in [-0.39, 0.29) is 18.5 Å². The third-order valence-corrected chi connectivity index (χ3v) is 6.09. The molecule has 8 heteroatoms. The summed E-state index contributed by atoms with van der Waals surface area (Å²) in [5, 5.41) is 3.28. The van der Waals surface area contributed by atoms with Crippen molar-refractivity contribution in [1.29, 1.82) is 0 Å². The van der Waals surface area contributed by atoms with E-state index >= 15 is 0 Å². The quantitative estimate of drug-likeness (QED) is 0.499. The Labute approximate surface area is 190 Å². The SMILES string of the molecule is Cc1ccc2oc(=O)n(CC(=O)N3CCC[C@H]3c3ccc(Nc4ncccc4C)cn3)c2c1. The molecule has 0 spiro atoms. The van der Waals surface area contributed by atoms with Crippen LogP contribution in [0.25, 0.3) is 11.1 Å². The van der Waals surface area contributed by atoms with Crippen LogP contribution in [0.3, 0.4) is 0 Å². The lowest BCUT2D eigenvalue weighted by Gasteiger charge is -2.24. The van der Waals surface area contributed by atoms with E-state index in [0.29, 0.717) is 17.6 Å². The second kappa shape index (κ2) is 8.54. The molecule has 1 N–H and O–H groups in total. The zero-order valence-electron chi connectivity index (χ0n) is 18.6. The maximum Gasteiger partial charge on any atom is 0.420 e. The summed E-state index contributed by atoms with van der Waals surface area (Å²) < 4.78 is 6.72. The third kappa shape index (κ3) is 4.11. The first kappa shape index (κ1) is 20.9. The minimum Gasteiger partial charge on any atom is -0.408 e. The van der Waals surface area contributed by atoms with Gasteiger partial charge in [0, 0.05) is 12.7 Å². The van der Waals surface area contributed by atoms with Crippen molar-refractivity contribution >= 4 is 28.5 Å². The van der Waals surface area contributed by atoms with Crippen LogP contribution in [0.4, 0.5) is 11.5 Å². The van der Waals surface area contributed by atoms with Crippen molar-refractivity contribution in [1.82, 2.24) is 19.4 Å². The van der Waals surface area contributed by atoms with Crippen LogP contribution >= 0.6 is 0 Å². The van der Waals surface area contributed by atoms with Crippen molar-refractivity contribution in [3.05, 3.63) is 82.2 Å². The monoisotopic (exact) mass is 443 g/mol. The number of fused-ring (bicyclic) bond motifs is 1. The van der Waals surface area contributed by atoms with E-state index in [4.69, 9.17) is 4.42 Å². The van der Waals surface area contributed by atoms with E-state index in [9.17, 15) is 9.59 Å². The molecule has 1 fully saturated rings. The number of oxazole rings is 1. The highest BCUT2D eigenvalue weighted by atomic mass is 16.4. The number of carbonyl (C=O) groups excluding carboxylic acids is 1. The van der Waals surface area contributed by atoms with Gasteiger partial charge in [-0.3, -0.25) is 14.3 Å². The van der Waals surface area contributed by atoms with E-state index in [1.54, 1.807) is 18.5 Å². The number of likely N-dealkylation sites (tertiary alicyclic amines) is 1. The van der Waals surface area contributed by atoms with Crippen molar-refractivity contribution in [3.8, 4) is 0 Å². The summed E-state index contributed by atoms with van der Waals surface area (Å²) in [4.78, 5) is 36.4. The summed E-state index contributed by atoms with van der Waals surface area (Å²) >= 11 is 0. The van der Waals surface area contributed by atoms with E-state index < -0.39 is 5.76 Å². The van der Waals surface area contributed by atoms with Gasteiger partial charge in [0.05, 0.1) is 29.1 Å². The van der Waals surface area contributed by atoms with Crippen LogP contribution in [-0.2, 0) is 11.3 Å². The van der Waals surface area contributed by atoms with Gasteiger partial charge < -0.3 is 14.6 Å². The summed E-state index contributed by atoms with van der Waals surface area (Å²) in [6, 6.07) is 13.2. The Hall–Kier alpha value is -3.94. The van der Waals surface area contributed by atoms with E-state index in [2.05, 4.69) is 15.3 Å². The highest BCUT2D eigenvalue weighted by Crippen LogP contribution is 2.32. The summed E-state index contributed by atoms with van der Waals surface area (Å²) in [5.41, 5.74) is 4.85. The topological polar surface area (TPSA) is 93.3 Å². The van der Waals surface area contributed by atoms with Gasteiger partial charge in [0.1, 0.15) is 12.4 Å². The predicted octanol–water partition coefficient (Wildman–Crippen LogP) is 4.11. The number of benzene rings is 1. The van der Waals surface area contributed by atoms with Crippen LogP contribution in [0.2, 0.25) is 0 Å². The molecule has 1 aliphatic heterocycles. The Morgan fingerprint density at radius 1 is 1.18 bits per heavy atom. The van der Waals surface area contributed by atoms with E-state index in [1.807, 2.05) is 55.1 Å². The van der Waals surface area contributed by atoms with Crippen LogP contribution in [0.5, 0.6) is 0 Å². The number of nitrogens with zero attached hydrogens (tertiary/aromatic N) is 4. The molecule has 0 radical (unpaired) electrons. The summed E-state index contributed by atoms with van der Waals surface area (Å²) in [5.74, 6) is 0.160. The second-order valence-electron chi connectivity index (χ2n) is 8.44. The van der Waals surface area contributed by atoms with Gasteiger partial charge in [-0.25, -0.2) is 9.78 Å². The predicted molar refractivity (Wildman–Crippen MR) is 125 cm³/mol. The van der Waals surface area contributed by atoms with Crippen LogP contribution in [0.15, 0.2) is 64.1 Å². The lowest BCUT2D eigenvalue weighted by molar-refractivity contribution is -0.132. The number of nitrogens with one attached hydrogen (secondary N) is 1. The molecule has 0 aliphatic carbocycles. The summed E-state index contributed by atoms with van der Waals surface area (Å²) in [6.45, 7) is 4.53. The van der Waals surface area contributed by atoms with Crippen molar-refractivity contribution in [3.63, 3.8) is 0 Å². The Morgan fingerprint density at radius 2 is 2.06 bits per heavy atom. The number of carbonyl (C=O) groups is 1. The fourth-order valence-corrected chi connectivity index (χ4v) is 4.35. The number of pyridine rings is 2. The number of hydrogen-bond donors (Lipinski definition) is 1. The Kier molecular flexibility index (Phi) is 5.42. The fraction of sp³-hybridized carbons (Fsp3) is 0.280. The standard InChI is InChI=1S/C25H25N5O3/c1-16-7-10-22-21(13-16)30(25(32)33-22)15-23(31)29-12-4-6-20(29)19-9-8-18(14-27-19)28-24-17(2)5-3-11-26-24/h3,5,7-11,13-14,20H,4,6,12,15H2,1-2H3,(H,26,28)/t20-/m0/s1. The molecular weight excluding hydrogens is 418 g/mol. The highest BCUT2D eigenvalue weighted by molar-refractivity contribution is 5.80. The first-order chi connectivity index (χ1) is 16.0. The third-order valence-electron chi connectivity index (χ3n) is 6.09.